The molecule has 23 heavy (non-hydrogen) atoms. The van der Waals surface area contributed by atoms with Gasteiger partial charge in [-0.3, -0.25) is 4.79 Å². The number of aliphatic hydroxyl groups is 1. The molecule has 2 atom stereocenters. The summed E-state index contributed by atoms with van der Waals surface area (Å²) >= 11 is 6.09. The van der Waals surface area contributed by atoms with Gasteiger partial charge in [-0.2, -0.15) is 0 Å². The van der Waals surface area contributed by atoms with Crippen LogP contribution in [-0.2, 0) is 0 Å². The van der Waals surface area contributed by atoms with Crippen molar-refractivity contribution < 1.29 is 19.4 Å². The predicted octanol–water partition coefficient (Wildman–Crippen LogP) is 1.20. The highest BCUT2D eigenvalue weighted by molar-refractivity contribution is 6.31. The lowest BCUT2D eigenvalue weighted by molar-refractivity contribution is 0.0752. The van der Waals surface area contributed by atoms with E-state index >= 15 is 0 Å². The second-order valence-corrected chi connectivity index (χ2v) is 6.30. The summed E-state index contributed by atoms with van der Waals surface area (Å²) in [7, 11) is 0. The average molecular weight is 341 g/mol. The van der Waals surface area contributed by atoms with Crippen molar-refractivity contribution in [2.45, 2.75) is 18.9 Å². The zero-order valence-corrected chi connectivity index (χ0v) is 13.6. The van der Waals surface area contributed by atoms with Crippen LogP contribution in [0.1, 0.15) is 23.2 Å². The maximum Gasteiger partial charge on any atom is 0.255 e. The minimum absolute atomic E-state index is 0.0511. The second kappa shape index (κ2) is 7.38. The molecule has 1 amide bonds. The summed E-state index contributed by atoms with van der Waals surface area (Å²) in [6.07, 6.45) is 1.14. The van der Waals surface area contributed by atoms with E-state index in [1.807, 2.05) is 0 Å². The number of aliphatic hydroxyl groups excluding tert-OH is 1. The first-order chi connectivity index (χ1) is 11.1. The number of nitrogens with one attached hydrogen (secondary N) is 2. The molecule has 0 saturated carbocycles. The minimum Gasteiger partial charge on any atom is -0.489 e. The average Bonchev–Trinajstić information content (AvgIpc) is 2.78. The summed E-state index contributed by atoms with van der Waals surface area (Å²) in [5, 5.41) is 16.4. The first-order valence-electron chi connectivity index (χ1n) is 7.91. The monoisotopic (exact) mass is 340 g/mol. The van der Waals surface area contributed by atoms with Crippen LogP contribution in [0.3, 0.4) is 0 Å². The van der Waals surface area contributed by atoms with Crippen molar-refractivity contribution in [3.63, 3.8) is 0 Å². The number of β-amino-alcohol motifs (C(OH)–C–C–N with tert-alkyl or cyclic N) is 1. The van der Waals surface area contributed by atoms with Gasteiger partial charge in [-0.25, -0.2) is 0 Å². The molecule has 0 bridgehead atoms. The maximum absolute atomic E-state index is 12.5. The number of hydrogen-bond acceptors (Lipinski definition) is 5. The van der Waals surface area contributed by atoms with E-state index in [1.165, 1.54) is 0 Å². The first-order valence-corrected chi connectivity index (χ1v) is 8.29. The Morgan fingerprint density at radius 1 is 1.39 bits per heavy atom. The lowest BCUT2D eigenvalue weighted by atomic mass is 9.95. The molecule has 1 fully saturated rings. The SMILES string of the molecule is O=C(NCC1CCNCC1O)c1cc(Cl)cc2c1OCCCO2. The molecule has 1 aromatic rings. The number of piperidine rings is 1. The van der Waals surface area contributed by atoms with Crippen LogP contribution in [0, 0.1) is 5.92 Å². The maximum atomic E-state index is 12.5. The third-order valence-electron chi connectivity index (χ3n) is 4.17. The van der Waals surface area contributed by atoms with E-state index in [0.29, 0.717) is 48.4 Å². The Labute approximate surface area is 140 Å². The molecule has 0 aliphatic carbocycles. The van der Waals surface area contributed by atoms with E-state index in [-0.39, 0.29) is 11.8 Å². The molecule has 2 heterocycles. The number of fused-ring (bicyclic) bond motifs is 1. The van der Waals surface area contributed by atoms with Gasteiger partial charge >= 0.3 is 0 Å². The molecule has 2 aliphatic rings. The van der Waals surface area contributed by atoms with Gasteiger partial charge < -0.3 is 25.2 Å². The van der Waals surface area contributed by atoms with Crippen molar-refractivity contribution in [3.8, 4) is 11.5 Å². The fourth-order valence-corrected chi connectivity index (χ4v) is 3.07. The van der Waals surface area contributed by atoms with Crippen LogP contribution < -0.4 is 20.1 Å². The summed E-state index contributed by atoms with van der Waals surface area (Å²) < 4.78 is 11.3. The molecule has 2 unspecified atom stereocenters. The van der Waals surface area contributed by atoms with Gasteiger partial charge in [0.25, 0.3) is 5.91 Å². The van der Waals surface area contributed by atoms with Crippen molar-refractivity contribution in [2.24, 2.45) is 5.92 Å². The van der Waals surface area contributed by atoms with Crippen molar-refractivity contribution in [1.29, 1.82) is 0 Å². The fraction of sp³-hybridized carbons (Fsp3) is 0.562. The summed E-state index contributed by atoms with van der Waals surface area (Å²) in [4.78, 5) is 12.5. The van der Waals surface area contributed by atoms with Gasteiger partial charge in [0, 0.05) is 36.5 Å². The highest BCUT2D eigenvalue weighted by atomic mass is 35.5. The largest absolute Gasteiger partial charge is 0.489 e. The van der Waals surface area contributed by atoms with Gasteiger partial charge in [-0.05, 0) is 19.0 Å². The molecule has 2 aliphatic heterocycles. The zero-order chi connectivity index (χ0) is 16.2. The van der Waals surface area contributed by atoms with E-state index in [4.69, 9.17) is 21.1 Å². The van der Waals surface area contributed by atoms with E-state index in [0.717, 1.165) is 19.4 Å². The van der Waals surface area contributed by atoms with Crippen LogP contribution in [-0.4, -0.2) is 50.0 Å². The van der Waals surface area contributed by atoms with Crippen molar-refractivity contribution in [2.75, 3.05) is 32.8 Å². The third kappa shape index (κ3) is 3.88. The number of halogens is 1. The van der Waals surface area contributed by atoms with Crippen LogP contribution in [0.15, 0.2) is 12.1 Å². The smallest absolute Gasteiger partial charge is 0.255 e. The molecule has 3 N–H and O–H groups in total. The van der Waals surface area contributed by atoms with Crippen LogP contribution in [0.4, 0.5) is 0 Å². The van der Waals surface area contributed by atoms with Crippen molar-refractivity contribution >= 4 is 17.5 Å². The van der Waals surface area contributed by atoms with E-state index < -0.39 is 6.10 Å². The summed E-state index contributed by atoms with van der Waals surface area (Å²) in [6.45, 7) is 2.87. The van der Waals surface area contributed by atoms with Gasteiger partial charge in [0.05, 0.1) is 24.9 Å². The molecule has 1 saturated heterocycles. The molecule has 0 aromatic heterocycles. The molecule has 1 aromatic carbocycles. The highest BCUT2D eigenvalue weighted by Crippen LogP contribution is 2.36. The highest BCUT2D eigenvalue weighted by Gasteiger charge is 2.25. The number of hydrogen-bond donors (Lipinski definition) is 3. The number of rotatable bonds is 3. The van der Waals surface area contributed by atoms with Crippen LogP contribution in [0.2, 0.25) is 5.02 Å². The standard InChI is InChI=1S/C16H21ClN2O4/c17-11-6-12(15-14(7-11)22-4-1-5-23-15)16(21)19-8-10-2-3-18-9-13(10)20/h6-7,10,13,18,20H,1-5,8-9H2,(H,19,21). The van der Waals surface area contributed by atoms with E-state index in [2.05, 4.69) is 10.6 Å². The Kier molecular flexibility index (Phi) is 5.25. The molecule has 126 valence electrons. The molecule has 7 heteroatoms. The number of carbonyl (C=O) groups excluding carboxylic acids is 1. The lowest BCUT2D eigenvalue weighted by Crippen LogP contribution is -2.45. The normalized spacial score (nSPS) is 23.9. The quantitative estimate of drug-likeness (QED) is 0.770. The summed E-state index contributed by atoms with van der Waals surface area (Å²) in [6, 6.07) is 3.25. The number of benzene rings is 1. The number of carbonyl (C=O) groups is 1. The van der Waals surface area contributed by atoms with Crippen LogP contribution >= 0.6 is 11.6 Å². The predicted molar refractivity (Wildman–Crippen MR) is 86.4 cm³/mol. The number of ether oxygens (including phenoxy) is 2. The Morgan fingerprint density at radius 2 is 2.22 bits per heavy atom. The molecular formula is C16H21ClN2O4. The second-order valence-electron chi connectivity index (χ2n) is 5.86. The van der Waals surface area contributed by atoms with Gasteiger partial charge in [-0.15, -0.1) is 0 Å². The Hall–Kier alpha value is -1.50. The van der Waals surface area contributed by atoms with Crippen molar-refractivity contribution in [1.82, 2.24) is 10.6 Å². The Bertz CT molecular complexity index is 581. The Morgan fingerprint density at radius 3 is 3.04 bits per heavy atom. The lowest BCUT2D eigenvalue weighted by Gasteiger charge is -2.28. The van der Waals surface area contributed by atoms with Gasteiger partial charge in [0.1, 0.15) is 0 Å². The molecule has 0 spiro atoms. The molecule has 0 radical (unpaired) electrons. The third-order valence-corrected chi connectivity index (χ3v) is 4.39. The van der Waals surface area contributed by atoms with Gasteiger partial charge in [-0.1, -0.05) is 11.6 Å². The fourth-order valence-electron chi connectivity index (χ4n) is 2.86. The topological polar surface area (TPSA) is 79.8 Å². The van der Waals surface area contributed by atoms with Crippen LogP contribution in [0.25, 0.3) is 0 Å². The molecule has 6 nitrogen and oxygen atoms in total. The Balaban J connectivity index is 1.72. The van der Waals surface area contributed by atoms with Crippen LogP contribution in [0.5, 0.6) is 11.5 Å². The van der Waals surface area contributed by atoms with E-state index in [9.17, 15) is 9.90 Å². The number of amides is 1. The minimum atomic E-state index is -0.444. The van der Waals surface area contributed by atoms with Crippen molar-refractivity contribution in [3.05, 3.63) is 22.7 Å². The van der Waals surface area contributed by atoms with Gasteiger partial charge in [0.2, 0.25) is 0 Å². The molecular weight excluding hydrogens is 320 g/mol. The van der Waals surface area contributed by atoms with E-state index in [1.54, 1.807) is 12.1 Å². The summed E-state index contributed by atoms with van der Waals surface area (Å²) in [5.74, 6) is 0.729. The molecule has 3 rings (SSSR count). The zero-order valence-electron chi connectivity index (χ0n) is 12.8. The first kappa shape index (κ1) is 16.4. The van der Waals surface area contributed by atoms with Gasteiger partial charge in [0.15, 0.2) is 11.5 Å². The summed E-state index contributed by atoms with van der Waals surface area (Å²) in [5.41, 5.74) is 0.373.